The minimum atomic E-state index is -0.699. The summed E-state index contributed by atoms with van der Waals surface area (Å²) in [4.78, 5) is 21.6. The molecule has 1 aliphatic heterocycles. The van der Waals surface area contributed by atoms with Crippen LogP contribution in [0.15, 0.2) is 26.6 Å². The Balaban J connectivity index is 2.21. The monoisotopic (exact) mass is 506 g/mol. The number of benzene rings is 1. The fourth-order valence-corrected chi connectivity index (χ4v) is 4.33. The third kappa shape index (κ3) is 2.85. The molecule has 1 saturated carbocycles. The molecule has 0 amide bonds. The van der Waals surface area contributed by atoms with Gasteiger partial charge in [-0.1, -0.05) is 6.42 Å². The molecule has 1 aliphatic carbocycles. The van der Waals surface area contributed by atoms with Crippen LogP contribution in [0, 0.1) is 13.7 Å². The van der Waals surface area contributed by atoms with E-state index in [0.717, 1.165) is 32.1 Å². The van der Waals surface area contributed by atoms with Gasteiger partial charge in [0.2, 0.25) is 11.9 Å². The number of aliphatic imine (C=N–C) groups is 2. The van der Waals surface area contributed by atoms with Gasteiger partial charge in [-0.2, -0.15) is 4.99 Å². The minimum absolute atomic E-state index is 0.0104. The number of hydrogen-bond donors (Lipinski definition) is 2. The summed E-state index contributed by atoms with van der Waals surface area (Å²) in [6.07, 6.45) is 4.48. The Labute approximate surface area is 160 Å². The van der Waals surface area contributed by atoms with E-state index in [9.17, 15) is 10.1 Å². The van der Waals surface area contributed by atoms with Crippen LogP contribution in [0.5, 0.6) is 0 Å². The van der Waals surface area contributed by atoms with Gasteiger partial charge < -0.3 is 11.5 Å². The number of hydrogen-bond acceptors (Lipinski definition) is 7. The van der Waals surface area contributed by atoms with E-state index in [-0.39, 0.29) is 17.6 Å². The highest BCUT2D eigenvalue weighted by molar-refractivity contribution is 14.1. The third-order valence-corrected chi connectivity index (χ3v) is 6.82. The molecule has 0 bridgehead atoms. The van der Waals surface area contributed by atoms with E-state index in [0.29, 0.717) is 13.7 Å². The van der Waals surface area contributed by atoms with Crippen LogP contribution in [0.25, 0.3) is 0 Å². The summed E-state index contributed by atoms with van der Waals surface area (Å²) in [5.41, 5.74) is 11.7. The number of halogens is 2. The Bertz CT molecular complexity index is 760. The van der Waals surface area contributed by atoms with E-state index in [4.69, 9.17) is 11.5 Å². The normalized spacial score (nSPS) is 19.8. The van der Waals surface area contributed by atoms with Crippen molar-refractivity contribution in [3.8, 4) is 0 Å². The van der Waals surface area contributed by atoms with Crippen molar-refractivity contribution in [1.82, 2.24) is 0 Å². The van der Waals surface area contributed by atoms with Crippen LogP contribution in [0.1, 0.15) is 32.1 Å². The van der Waals surface area contributed by atoms with E-state index in [2.05, 4.69) is 25.9 Å². The maximum atomic E-state index is 11.7. The van der Waals surface area contributed by atoms with Crippen LogP contribution in [0.3, 0.4) is 0 Å². The van der Waals surface area contributed by atoms with E-state index in [1.807, 2.05) is 22.6 Å². The zero-order valence-corrected chi connectivity index (χ0v) is 16.4. The summed E-state index contributed by atoms with van der Waals surface area (Å²) in [5, 5.41) is 11.7. The average molecular weight is 507 g/mol. The number of rotatable bonds is 2. The Morgan fingerprint density at radius 1 is 1.29 bits per heavy atom. The number of nitro groups is 1. The summed E-state index contributed by atoms with van der Waals surface area (Å²) < 4.78 is 1.17. The molecular weight excluding hydrogens is 491 g/mol. The molecule has 1 aromatic carbocycles. The highest BCUT2D eigenvalue weighted by Gasteiger charge is 2.45. The van der Waals surface area contributed by atoms with Gasteiger partial charge in [0.15, 0.2) is 0 Å². The number of anilines is 1. The van der Waals surface area contributed by atoms with Gasteiger partial charge in [0.05, 0.1) is 4.92 Å². The molecule has 0 atom stereocenters. The van der Waals surface area contributed by atoms with Gasteiger partial charge in [-0.3, -0.25) is 15.0 Å². The van der Waals surface area contributed by atoms with Gasteiger partial charge in [-0.25, -0.2) is 4.99 Å². The van der Waals surface area contributed by atoms with Crippen molar-refractivity contribution >= 4 is 61.8 Å². The summed E-state index contributed by atoms with van der Waals surface area (Å²) in [6, 6.07) is 3.45. The maximum absolute atomic E-state index is 11.7. The Morgan fingerprint density at radius 3 is 2.58 bits per heavy atom. The standard InChI is InChI=1S/C14H16BrIN6O2/c15-8-4-5-9(11(10(8)16)22(23)24)21-13(18)19-12(17)20-14(21)6-2-1-3-7-14/h4-5H,1-3,6-7H2,(H4,17,18,19,20). The van der Waals surface area contributed by atoms with Gasteiger partial charge in [-0.05, 0) is 76.3 Å². The molecule has 1 aromatic rings. The van der Waals surface area contributed by atoms with Crippen molar-refractivity contribution in [1.29, 1.82) is 0 Å². The first-order chi connectivity index (χ1) is 11.4. The first-order valence-corrected chi connectivity index (χ1v) is 9.35. The van der Waals surface area contributed by atoms with Crippen molar-refractivity contribution in [2.45, 2.75) is 37.8 Å². The first-order valence-electron chi connectivity index (χ1n) is 7.48. The van der Waals surface area contributed by atoms with E-state index < -0.39 is 10.6 Å². The van der Waals surface area contributed by atoms with Crippen LogP contribution in [-0.4, -0.2) is 22.5 Å². The summed E-state index contributed by atoms with van der Waals surface area (Å²) in [5.74, 6) is 0.269. The molecule has 2 aliphatic rings. The van der Waals surface area contributed by atoms with Gasteiger partial charge in [-0.15, -0.1) is 0 Å². The molecule has 0 radical (unpaired) electrons. The predicted octanol–water partition coefficient (Wildman–Crippen LogP) is 3.07. The second-order valence-electron chi connectivity index (χ2n) is 5.80. The van der Waals surface area contributed by atoms with Crippen molar-refractivity contribution in [2.24, 2.45) is 21.5 Å². The molecule has 0 unspecified atom stereocenters. The second-order valence-corrected chi connectivity index (χ2v) is 7.74. The molecule has 1 heterocycles. The molecular formula is C14H16BrIN6O2. The molecule has 128 valence electrons. The lowest BCUT2D eigenvalue weighted by atomic mass is 9.87. The van der Waals surface area contributed by atoms with Gasteiger partial charge in [0, 0.05) is 4.47 Å². The Kier molecular flexibility index (Phi) is 4.69. The van der Waals surface area contributed by atoms with Gasteiger partial charge in [0.25, 0.3) is 0 Å². The second kappa shape index (κ2) is 6.47. The van der Waals surface area contributed by atoms with Crippen molar-refractivity contribution in [3.63, 3.8) is 0 Å². The average Bonchev–Trinajstić information content (AvgIpc) is 2.50. The number of nitro benzene ring substituents is 1. The first kappa shape index (κ1) is 17.4. The molecule has 4 N–H and O–H groups in total. The molecule has 3 rings (SSSR count). The molecule has 10 heteroatoms. The predicted molar refractivity (Wildman–Crippen MR) is 105 cm³/mol. The van der Waals surface area contributed by atoms with Crippen molar-refractivity contribution in [3.05, 3.63) is 30.3 Å². The molecule has 1 spiro atoms. The smallest absolute Gasteiger partial charge is 0.307 e. The summed E-state index contributed by atoms with van der Waals surface area (Å²) in [6.45, 7) is 0. The highest BCUT2D eigenvalue weighted by atomic mass is 127. The molecule has 8 nitrogen and oxygen atoms in total. The number of guanidine groups is 2. The van der Waals surface area contributed by atoms with Crippen LogP contribution in [0.2, 0.25) is 0 Å². The topological polar surface area (TPSA) is 123 Å². The van der Waals surface area contributed by atoms with Gasteiger partial charge >= 0.3 is 5.69 Å². The lowest BCUT2D eigenvalue weighted by Gasteiger charge is -2.45. The fourth-order valence-electron chi connectivity index (χ4n) is 3.35. The summed E-state index contributed by atoms with van der Waals surface area (Å²) in [7, 11) is 0. The SMILES string of the molecule is NC1=NC2(CCCCC2)N(c2ccc(Br)c(I)c2[N+](=O)[O-])C(N)=N1. The summed E-state index contributed by atoms with van der Waals surface area (Å²) >= 11 is 5.30. The minimum Gasteiger partial charge on any atom is -0.369 e. The molecule has 1 fully saturated rings. The van der Waals surface area contributed by atoms with Crippen LogP contribution >= 0.6 is 38.5 Å². The Hall–Kier alpha value is -1.43. The largest absolute Gasteiger partial charge is 0.369 e. The lowest BCUT2D eigenvalue weighted by molar-refractivity contribution is -0.385. The number of nitrogens with two attached hydrogens (primary N) is 2. The molecule has 24 heavy (non-hydrogen) atoms. The van der Waals surface area contributed by atoms with Crippen molar-refractivity contribution in [2.75, 3.05) is 4.90 Å². The van der Waals surface area contributed by atoms with E-state index in [1.54, 1.807) is 17.0 Å². The Morgan fingerprint density at radius 2 is 1.96 bits per heavy atom. The van der Waals surface area contributed by atoms with Gasteiger partial charge in [0.1, 0.15) is 14.9 Å². The molecule has 0 aromatic heterocycles. The van der Waals surface area contributed by atoms with Crippen LogP contribution in [-0.2, 0) is 0 Å². The third-order valence-electron chi connectivity index (χ3n) is 4.32. The zero-order valence-electron chi connectivity index (χ0n) is 12.7. The van der Waals surface area contributed by atoms with Crippen molar-refractivity contribution < 1.29 is 4.92 Å². The quantitative estimate of drug-likeness (QED) is 0.362. The fraction of sp³-hybridized carbons (Fsp3) is 0.429. The maximum Gasteiger partial charge on any atom is 0.307 e. The number of nitrogens with zero attached hydrogens (tertiary/aromatic N) is 4. The lowest BCUT2D eigenvalue weighted by Crippen LogP contribution is -2.58. The van der Waals surface area contributed by atoms with Crippen LogP contribution < -0.4 is 16.4 Å². The highest BCUT2D eigenvalue weighted by Crippen LogP contribution is 2.45. The van der Waals surface area contributed by atoms with E-state index in [1.165, 1.54) is 0 Å². The van der Waals surface area contributed by atoms with Crippen LogP contribution in [0.4, 0.5) is 11.4 Å². The zero-order chi connectivity index (χ0) is 17.5. The molecule has 0 saturated heterocycles. The van der Waals surface area contributed by atoms with E-state index >= 15 is 0 Å².